The zero-order chi connectivity index (χ0) is 12.7. The summed E-state index contributed by atoms with van der Waals surface area (Å²) in [6.45, 7) is 2.74. The van der Waals surface area contributed by atoms with E-state index in [0.29, 0.717) is 18.8 Å². The molecule has 0 saturated heterocycles. The van der Waals surface area contributed by atoms with Crippen LogP contribution < -0.4 is 4.74 Å². The zero-order valence-electron chi connectivity index (χ0n) is 9.73. The summed E-state index contributed by atoms with van der Waals surface area (Å²) in [5.41, 5.74) is 0. The van der Waals surface area contributed by atoms with Gasteiger partial charge in [0, 0.05) is 17.6 Å². The van der Waals surface area contributed by atoms with Crippen LogP contribution in [-0.2, 0) is 4.79 Å². The first-order valence-electron chi connectivity index (χ1n) is 5.44. The van der Waals surface area contributed by atoms with Crippen LogP contribution in [0.2, 0.25) is 0 Å². The third-order valence-electron chi connectivity index (χ3n) is 2.26. The molecule has 4 nitrogen and oxygen atoms in total. The second-order valence-electron chi connectivity index (χ2n) is 3.44. The number of hydrogen-bond donors (Lipinski definition) is 1. The summed E-state index contributed by atoms with van der Waals surface area (Å²) < 4.78 is 6.28. The number of benzene rings is 1. The molecule has 0 bridgehead atoms. The number of hydrogen-bond acceptors (Lipinski definition) is 3. The van der Waals surface area contributed by atoms with Crippen molar-refractivity contribution in [1.82, 2.24) is 4.90 Å². The number of amides is 1. The van der Waals surface area contributed by atoms with Gasteiger partial charge in [0.25, 0.3) is 5.91 Å². The molecule has 0 heterocycles. The van der Waals surface area contributed by atoms with Crippen molar-refractivity contribution in [2.45, 2.75) is 6.92 Å². The van der Waals surface area contributed by atoms with Gasteiger partial charge in [-0.15, -0.1) is 0 Å². The summed E-state index contributed by atoms with van der Waals surface area (Å²) in [5.74, 6) is 0.523. The van der Waals surface area contributed by atoms with Gasteiger partial charge in [-0.2, -0.15) is 0 Å². The summed E-state index contributed by atoms with van der Waals surface area (Å²) in [6.07, 6.45) is 0. The minimum Gasteiger partial charge on any atom is -0.484 e. The number of aliphatic hydroxyl groups excluding tert-OH is 1. The molecular weight excluding hydrogens is 286 g/mol. The van der Waals surface area contributed by atoms with E-state index >= 15 is 0 Å². The van der Waals surface area contributed by atoms with Gasteiger partial charge in [0.1, 0.15) is 5.75 Å². The second kappa shape index (κ2) is 7.29. The molecular formula is C12H16BrNO3. The second-order valence-corrected chi connectivity index (χ2v) is 4.36. The molecule has 0 aliphatic rings. The number of halogens is 1. The number of carbonyl (C=O) groups excluding carboxylic acids is 1. The maximum atomic E-state index is 11.7. The fourth-order valence-electron chi connectivity index (χ4n) is 1.37. The topological polar surface area (TPSA) is 49.8 Å². The fraction of sp³-hybridized carbons (Fsp3) is 0.417. The molecule has 0 saturated carbocycles. The van der Waals surface area contributed by atoms with E-state index in [1.807, 2.05) is 19.1 Å². The third kappa shape index (κ3) is 4.75. The Labute approximate surface area is 109 Å². The highest BCUT2D eigenvalue weighted by molar-refractivity contribution is 9.10. The lowest BCUT2D eigenvalue weighted by Gasteiger charge is -2.19. The van der Waals surface area contributed by atoms with Crippen molar-refractivity contribution in [2.75, 3.05) is 26.3 Å². The predicted molar refractivity (Wildman–Crippen MR) is 69.0 cm³/mol. The molecule has 5 heteroatoms. The average molecular weight is 302 g/mol. The minimum atomic E-state index is -0.124. The number of rotatable bonds is 6. The molecule has 17 heavy (non-hydrogen) atoms. The van der Waals surface area contributed by atoms with Crippen molar-refractivity contribution in [3.05, 3.63) is 28.7 Å². The molecule has 1 rings (SSSR count). The Kier molecular flexibility index (Phi) is 6.00. The molecule has 0 unspecified atom stereocenters. The van der Waals surface area contributed by atoms with Crippen LogP contribution in [-0.4, -0.2) is 42.2 Å². The molecule has 1 amide bonds. The van der Waals surface area contributed by atoms with E-state index in [-0.39, 0.29) is 19.1 Å². The fourth-order valence-corrected chi connectivity index (χ4v) is 1.75. The SMILES string of the molecule is CCN(CCO)C(=O)COc1cccc(Br)c1. The Morgan fingerprint density at radius 3 is 2.88 bits per heavy atom. The Morgan fingerprint density at radius 1 is 1.53 bits per heavy atom. The van der Waals surface area contributed by atoms with E-state index in [9.17, 15) is 4.79 Å². The number of aliphatic hydroxyl groups is 1. The van der Waals surface area contributed by atoms with Gasteiger partial charge in [0.05, 0.1) is 6.61 Å². The van der Waals surface area contributed by atoms with E-state index in [1.165, 1.54) is 0 Å². The van der Waals surface area contributed by atoms with Crippen LogP contribution in [0.5, 0.6) is 5.75 Å². The Hall–Kier alpha value is -1.07. The van der Waals surface area contributed by atoms with Crippen molar-refractivity contribution in [3.8, 4) is 5.75 Å². The van der Waals surface area contributed by atoms with E-state index in [2.05, 4.69) is 15.9 Å². The molecule has 0 aliphatic carbocycles. The van der Waals surface area contributed by atoms with Gasteiger partial charge in [0.15, 0.2) is 6.61 Å². The summed E-state index contributed by atoms with van der Waals surface area (Å²) in [6, 6.07) is 7.32. The van der Waals surface area contributed by atoms with E-state index in [1.54, 1.807) is 17.0 Å². The average Bonchev–Trinajstić information content (AvgIpc) is 2.33. The van der Waals surface area contributed by atoms with Crippen molar-refractivity contribution in [2.24, 2.45) is 0 Å². The van der Waals surface area contributed by atoms with Gasteiger partial charge < -0.3 is 14.7 Å². The molecule has 0 aliphatic heterocycles. The smallest absolute Gasteiger partial charge is 0.260 e. The van der Waals surface area contributed by atoms with Gasteiger partial charge in [-0.05, 0) is 25.1 Å². The van der Waals surface area contributed by atoms with Crippen molar-refractivity contribution in [1.29, 1.82) is 0 Å². The van der Waals surface area contributed by atoms with Crippen molar-refractivity contribution >= 4 is 21.8 Å². The normalized spacial score (nSPS) is 10.1. The monoisotopic (exact) mass is 301 g/mol. The highest BCUT2D eigenvalue weighted by Crippen LogP contribution is 2.17. The first kappa shape index (κ1) is 14.0. The molecule has 1 aromatic rings. The number of likely N-dealkylation sites (N-methyl/N-ethyl adjacent to an activating group) is 1. The third-order valence-corrected chi connectivity index (χ3v) is 2.76. The predicted octanol–water partition coefficient (Wildman–Crippen LogP) is 1.67. The van der Waals surface area contributed by atoms with Gasteiger partial charge in [-0.3, -0.25) is 4.79 Å². The quantitative estimate of drug-likeness (QED) is 0.869. The van der Waals surface area contributed by atoms with Crippen LogP contribution in [0.3, 0.4) is 0 Å². The van der Waals surface area contributed by atoms with Gasteiger partial charge in [-0.1, -0.05) is 22.0 Å². The van der Waals surface area contributed by atoms with Gasteiger partial charge in [0.2, 0.25) is 0 Å². The van der Waals surface area contributed by atoms with Crippen LogP contribution in [0.4, 0.5) is 0 Å². The number of carbonyl (C=O) groups is 1. The molecule has 0 atom stereocenters. The lowest BCUT2D eigenvalue weighted by Crippen LogP contribution is -2.36. The Morgan fingerprint density at radius 2 is 2.29 bits per heavy atom. The standard InChI is InChI=1S/C12H16BrNO3/c1-2-14(6-7-15)12(16)9-17-11-5-3-4-10(13)8-11/h3-5,8,15H,2,6-7,9H2,1H3. The van der Waals surface area contributed by atoms with Crippen LogP contribution in [0.25, 0.3) is 0 Å². The Balaban J connectivity index is 2.47. The van der Waals surface area contributed by atoms with E-state index < -0.39 is 0 Å². The summed E-state index contributed by atoms with van der Waals surface area (Å²) in [4.78, 5) is 13.3. The first-order chi connectivity index (χ1) is 8.17. The molecule has 1 N–H and O–H groups in total. The van der Waals surface area contributed by atoms with Crippen molar-refractivity contribution in [3.63, 3.8) is 0 Å². The maximum Gasteiger partial charge on any atom is 0.260 e. The molecule has 94 valence electrons. The number of nitrogens with zero attached hydrogens (tertiary/aromatic N) is 1. The highest BCUT2D eigenvalue weighted by Gasteiger charge is 2.11. The van der Waals surface area contributed by atoms with E-state index in [0.717, 1.165) is 4.47 Å². The zero-order valence-corrected chi connectivity index (χ0v) is 11.3. The molecule has 0 fully saturated rings. The summed E-state index contributed by atoms with van der Waals surface area (Å²) in [7, 11) is 0. The van der Waals surface area contributed by atoms with E-state index in [4.69, 9.17) is 9.84 Å². The summed E-state index contributed by atoms with van der Waals surface area (Å²) in [5, 5.41) is 8.80. The largest absolute Gasteiger partial charge is 0.484 e. The maximum absolute atomic E-state index is 11.7. The van der Waals surface area contributed by atoms with Gasteiger partial charge >= 0.3 is 0 Å². The van der Waals surface area contributed by atoms with Crippen LogP contribution in [0.1, 0.15) is 6.92 Å². The lowest BCUT2D eigenvalue weighted by atomic mass is 10.3. The minimum absolute atomic E-state index is 0.00963. The molecule has 0 spiro atoms. The first-order valence-corrected chi connectivity index (χ1v) is 6.23. The van der Waals surface area contributed by atoms with Gasteiger partial charge in [-0.25, -0.2) is 0 Å². The molecule has 1 aromatic carbocycles. The molecule has 0 aromatic heterocycles. The number of ether oxygens (including phenoxy) is 1. The molecule has 0 radical (unpaired) electrons. The highest BCUT2D eigenvalue weighted by atomic mass is 79.9. The van der Waals surface area contributed by atoms with Crippen molar-refractivity contribution < 1.29 is 14.6 Å². The lowest BCUT2D eigenvalue weighted by molar-refractivity contribution is -0.133. The van der Waals surface area contributed by atoms with Crippen LogP contribution in [0, 0.1) is 0 Å². The summed E-state index contributed by atoms with van der Waals surface area (Å²) >= 11 is 3.33. The van der Waals surface area contributed by atoms with Crippen LogP contribution in [0.15, 0.2) is 28.7 Å². The van der Waals surface area contributed by atoms with Crippen LogP contribution >= 0.6 is 15.9 Å². The Bertz CT molecular complexity index is 371.